The number of rotatable bonds is 4. The predicted molar refractivity (Wildman–Crippen MR) is 110 cm³/mol. The summed E-state index contributed by atoms with van der Waals surface area (Å²) in [5.74, 6) is 0.704. The van der Waals surface area contributed by atoms with E-state index in [0.29, 0.717) is 11.3 Å². The number of amides is 2. The third kappa shape index (κ3) is 3.82. The molecule has 2 aromatic carbocycles. The molecule has 0 spiro atoms. The van der Waals surface area contributed by atoms with Crippen molar-refractivity contribution in [2.24, 2.45) is 0 Å². The highest BCUT2D eigenvalue weighted by molar-refractivity contribution is 7.99. The monoisotopic (exact) mass is 392 g/mol. The van der Waals surface area contributed by atoms with Crippen molar-refractivity contribution in [3.63, 3.8) is 0 Å². The largest absolute Gasteiger partial charge is 0.459 e. The molecule has 1 aliphatic rings. The van der Waals surface area contributed by atoms with Gasteiger partial charge in [0.25, 0.3) is 11.8 Å². The van der Waals surface area contributed by atoms with E-state index >= 15 is 0 Å². The third-order valence-electron chi connectivity index (χ3n) is 4.76. The van der Waals surface area contributed by atoms with Crippen molar-refractivity contribution in [1.82, 2.24) is 5.32 Å². The van der Waals surface area contributed by atoms with E-state index in [1.807, 2.05) is 36.9 Å². The van der Waals surface area contributed by atoms with Crippen molar-refractivity contribution < 1.29 is 14.0 Å². The zero-order valence-corrected chi connectivity index (χ0v) is 16.2. The number of hydrogen-bond acceptors (Lipinski definition) is 4. The summed E-state index contributed by atoms with van der Waals surface area (Å²) in [5, 5.41) is 5.95. The zero-order valence-electron chi connectivity index (χ0n) is 15.4. The summed E-state index contributed by atoms with van der Waals surface area (Å²) in [7, 11) is 0. The van der Waals surface area contributed by atoms with Crippen LogP contribution in [-0.4, -0.2) is 17.6 Å². The Morgan fingerprint density at radius 2 is 1.93 bits per heavy atom. The highest BCUT2D eigenvalue weighted by atomic mass is 32.2. The van der Waals surface area contributed by atoms with Crippen LogP contribution in [0.15, 0.2) is 70.2 Å². The van der Waals surface area contributed by atoms with Gasteiger partial charge in [0.05, 0.1) is 12.3 Å². The normalized spacial score (nSPS) is 15.5. The number of furan rings is 1. The van der Waals surface area contributed by atoms with Gasteiger partial charge in [0.1, 0.15) is 0 Å². The van der Waals surface area contributed by atoms with Crippen LogP contribution in [0.3, 0.4) is 0 Å². The topological polar surface area (TPSA) is 71.3 Å². The van der Waals surface area contributed by atoms with Crippen LogP contribution in [0.1, 0.15) is 44.5 Å². The lowest BCUT2D eigenvalue weighted by Crippen LogP contribution is -2.30. The highest BCUT2D eigenvalue weighted by Crippen LogP contribution is 2.36. The molecule has 2 amide bonds. The number of hydrogen-bond donors (Lipinski definition) is 2. The molecule has 2 heterocycles. The van der Waals surface area contributed by atoms with Crippen molar-refractivity contribution in [1.29, 1.82) is 0 Å². The molecule has 142 valence electrons. The molecule has 0 saturated heterocycles. The van der Waals surface area contributed by atoms with E-state index < -0.39 is 0 Å². The molecule has 2 N–H and O–H groups in total. The van der Waals surface area contributed by atoms with Gasteiger partial charge >= 0.3 is 0 Å². The molecule has 1 aromatic heterocycles. The smallest absolute Gasteiger partial charge is 0.291 e. The maximum absolute atomic E-state index is 12.9. The first-order valence-corrected chi connectivity index (χ1v) is 10.1. The number of nitrogens with one attached hydrogen (secondary N) is 2. The first kappa shape index (κ1) is 18.4. The van der Waals surface area contributed by atoms with Crippen LogP contribution in [0, 0.1) is 6.92 Å². The van der Waals surface area contributed by atoms with Crippen molar-refractivity contribution in [3.8, 4) is 0 Å². The molecule has 0 aliphatic carbocycles. The fourth-order valence-corrected chi connectivity index (χ4v) is 4.35. The van der Waals surface area contributed by atoms with Crippen LogP contribution in [0.2, 0.25) is 0 Å². The SMILES string of the molecule is Cc1ccc(C(=O)N[C@@H]2CCSc3ccccc32)cc1NC(=O)c1ccco1. The second-order valence-electron chi connectivity index (χ2n) is 6.66. The lowest BCUT2D eigenvalue weighted by molar-refractivity contribution is 0.0933. The Labute approximate surface area is 167 Å². The van der Waals surface area contributed by atoms with Crippen LogP contribution in [0.5, 0.6) is 0 Å². The minimum absolute atomic E-state index is 0.00703. The number of aryl methyl sites for hydroxylation is 1. The minimum Gasteiger partial charge on any atom is -0.459 e. The van der Waals surface area contributed by atoms with Crippen molar-refractivity contribution in [3.05, 3.63) is 83.3 Å². The number of carbonyl (C=O) groups is 2. The molecule has 0 radical (unpaired) electrons. The standard InChI is InChI=1S/C22H20N2O3S/c1-14-8-9-15(13-18(14)24-22(26)19-6-4-11-27-19)21(25)23-17-10-12-28-20-7-3-2-5-16(17)20/h2-9,11,13,17H,10,12H2,1H3,(H,23,25)(H,24,26)/t17-/m1/s1. The summed E-state index contributed by atoms with van der Waals surface area (Å²) in [4.78, 5) is 26.3. The van der Waals surface area contributed by atoms with Gasteiger partial charge in [-0.25, -0.2) is 0 Å². The fraction of sp³-hybridized carbons (Fsp3) is 0.182. The first-order chi connectivity index (χ1) is 13.6. The molecule has 1 aliphatic heterocycles. The number of carbonyl (C=O) groups excluding carboxylic acids is 2. The Hall–Kier alpha value is -2.99. The average Bonchev–Trinajstić information content (AvgIpc) is 3.25. The zero-order chi connectivity index (χ0) is 19.5. The van der Waals surface area contributed by atoms with E-state index in [1.54, 1.807) is 24.3 Å². The number of benzene rings is 2. The minimum atomic E-state index is -0.344. The van der Waals surface area contributed by atoms with Crippen molar-refractivity contribution in [2.75, 3.05) is 11.1 Å². The Balaban J connectivity index is 1.52. The molecule has 0 saturated carbocycles. The van der Waals surface area contributed by atoms with E-state index in [4.69, 9.17) is 4.42 Å². The van der Waals surface area contributed by atoms with Crippen LogP contribution in [0.25, 0.3) is 0 Å². The van der Waals surface area contributed by atoms with E-state index in [9.17, 15) is 9.59 Å². The summed E-state index contributed by atoms with van der Waals surface area (Å²) in [5.41, 5.74) is 3.13. The summed E-state index contributed by atoms with van der Waals surface area (Å²) < 4.78 is 5.13. The molecule has 5 nitrogen and oxygen atoms in total. The van der Waals surface area contributed by atoms with E-state index in [1.165, 1.54) is 11.2 Å². The van der Waals surface area contributed by atoms with E-state index in [-0.39, 0.29) is 23.6 Å². The third-order valence-corrected chi connectivity index (χ3v) is 5.88. The Morgan fingerprint density at radius 3 is 2.75 bits per heavy atom. The molecule has 28 heavy (non-hydrogen) atoms. The number of anilines is 1. The van der Waals surface area contributed by atoms with Gasteiger partial charge in [-0.2, -0.15) is 0 Å². The van der Waals surface area contributed by atoms with E-state index in [0.717, 1.165) is 23.3 Å². The van der Waals surface area contributed by atoms with Gasteiger partial charge in [-0.3, -0.25) is 9.59 Å². The number of thioether (sulfide) groups is 1. The van der Waals surface area contributed by atoms with Gasteiger partial charge < -0.3 is 15.1 Å². The van der Waals surface area contributed by atoms with Crippen LogP contribution in [-0.2, 0) is 0 Å². The summed E-state index contributed by atoms with van der Waals surface area (Å²) >= 11 is 1.82. The second-order valence-corrected chi connectivity index (χ2v) is 7.80. The van der Waals surface area contributed by atoms with E-state index in [2.05, 4.69) is 22.8 Å². The van der Waals surface area contributed by atoms with Crippen LogP contribution in [0.4, 0.5) is 5.69 Å². The van der Waals surface area contributed by atoms with Gasteiger partial charge in [0, 0.05) is 21.9 Å². The van der Waals surface area contributed by atoms with Gasteiger partial charge in [0.15, 0.2) is 5.76 Å². The lowest BCUT2D eigenvalue weighted by atomic mass is 10.0. The van der Waals surface area contributed by atoms with Crippen molar-refractivity contribution in [2.45, 2.75) is 24.3 Å². The quantitative estimate of drug-likeness (QED) is 0.669. The van der Waals surface area contributed by atoms with Gasteiger partial charge in [-0.15, -0.1) is 11.8 Å². The summed E-state index contributed by atoms with van der Waals surface area (Å²) in [6.07, 6.45) is 2.34. The average molecular weight is 392 g/mol. The van der Waals surface area contributed by atoms with Gasteiger partial charge in [0.2, 0.25) is 0 Å². The number of fused-ring (bicyclic) bond motifs is 1. The Morgan fingerprint density at radius 1 is 1.07 bits per heavy atom. The summed E-state index contributed by atoms with van der Waals surface area (Å²) in [6, 6.07) is 16.7. The molecule has 0 fully saturated rings. The molecule has 0 bridgehead atoms. The van der Waals surface area contributed by atoms with Crippen LogP contribution < -0.4 is 10.6 Å². The molecular formula is C22H20N2O3S. The molecule has 0 unspecified atom stereocenters. The fourth-order valence-electron chi connectivity index (χ4n) is 3.22. The highest BCUT2D eigenvalue weighted by Gasteiger charge is 2.22. The maximum Gasteiger partial charge on any atom is 0.291 e. The van der Waals surface area contributed by atoms with Crippen LogP contribution >= 0.6 is 11.8 Å². The van der Waals surface area contributed by atoms with Gasteiger partial charge in [-0.1, -0.05) is 24.3 Å². The van der Waals surface area contributed by atoms with Crippen molar-refractivity contribution >= 4 is 29.3 Å². The van der Waals surface area contributed by atoms with Gasteiger partial charge in [-0.05, 0) is 54.8 Å². The Bertz CT molecular complexity index is 1010. The molecule has 4 rings (SSSR count). The Kier molecular flexibility index (Phi) is 5.21. The molecular weight excluding hydrogens is 372 g/mol. The maximum atomic E-state index is 12.9. The second kappa shape index (κ2) is 7.94. The first-order valence-electron chi connectivity index (χ1n) is 9.10. The predicted octanol–water partition coefficient (Wildman–Crippen LogP) is 4.81. The summed E-state index contributed by atoms with van der Waals surface area (Å²) in [6.45, 7) is 1.88. The molecule has 3 aromatic rings. The lowest BCUT2D eigenvalue weighted by Gasteiger charge is -2.26. The molecule has 1 atom stereocenters. The molecule has 6 heteroatoms.